The fourth-order valence-electron chi connectivity index (χ4n) is 3.33. The van der Waals surface area contributed by atoms with Crippen LogP contribution in [-0.2, 0) is 25.7 Å². The number of tetrazole rings is 1. The Hall–Kier alpha value is -3.15. The first-order valence-corrected chi connectivity index (χ1v) is 12.9. The van der Waals surface area contributed by atoms with E-state index in [9.17, 15) is 24.3 Å². The second-order valence-corrected chi connectivity index (χ2v) is 10.2. The van der Waals surface area contributed by atoms with Gasteiger partial charge in [0.15, 0.2) is 5.13 Å². The molecule has 0 bridgehead atoms. The van der Waals surface area contributed by atoms with Gasteiger partial charge in [0.05, 0.1) is 11.3 Å². The van der Waals surface area contributed by atoms with Crippen molar-refractivity contribution < 1.29 is 29.4 Å². The van der Waals surface area contributed by atoms with Crippen LogP contribution in [0.3, 0.4) is 0 Å². The molecule has 0 saturated carbocycles. The Balaban J connectivity index is 1.47. The van der Waals surface area contributed by atoms with E-state index in [0.29, 0.717) is 5.57 Å². The molecule has 2 aromatic rings. The normalized spacial score (nSPS) is 19.9. The predicted octanol–water partition coefficient (Wildman–Crippen LogP) is -0.0930. The molecular weight excluding hydrogens is 544 g/mol. The second-order valence-electron chi connectivity index (χ2n) is 7.01. The summed E-state index contributed by atoms with van der Waals surface area (Å²) in [6, 6.07) is -0.957. The van der Waals surface area contributed by atoms with E-state index in [0.717, 1.165) is 38.2 Å². The average molecular weight is 559 g/mol. The number of carbonyl (C=O) groups excluding carboxylic acids is 2. The van der Waals surface area contributed by atoms with E-state index in [1.807, 2.05) is 0 Å². The largest absolute Gasteiger partial charge is 0.480 e. The lowest BCUT2D eigenvalue weighted by atomic mass is 10.0. The number of nitrogens with two attached hydrogens (primary N) is 1. The van der Waals surface area contributed by atoms with Crippen LogP contribution in [0.5, 0.6) is 0 Å². The number of hydrogen-bond acceptors (Lipinski definition) is 12. The highest BCUT2D eigenvalue weighted by Crippen LogP contribution is 2.41. The van der Waals surface area contributed by atoms with Crippen molar-refractivity contribution in [1.82, 2.24) is 35.4 Å². The lowest BCUT2D eigenvalue weighted by Gasteiger charge is -2.49. The number of halogens is 1. The first kappa shape index (κ1) is 25.0. The van der Waals surface area contributed by atoms with Gasteiger partial charge in [-0.15, -0.1) is 28.2 Å². The highest BCUT2D eigenvalue weighted by atomic mass is 35.5. The summed E-state index contributed by atoms with van der Waals surface area (Å²) in [5.74, 6) is -3.28. The number of carboxylic acids is 2. The number of anilines is 1. The van der Waals surface area contributed by atoms with E-state index in [1.165, 1.54) is 11.8 Å². The molecule has 0 aromatic carbocycles. The number of thiazole rings is 1. The minimum absolute atomic E-state index is 0.0249. The molecule has 1 saturated heterocycles. The van der Waals surface area contributed by atoms with Gasteiger partial charge in [0, 0.05) is 22.4 Å². The molecule has 0 aliphatic carbocycles. The maximum Gasteiger partial charge on any atom is 0.352 e. The molecule has 14 nitrogen and oxygen atoms in total. The second kappa shape index (κ2) is 10.2. The van der Waals surface area contributed by atoms with Crippen molar-refractivity contribution in [3.63, 3.8) is 0 Å². The summed E-state index contributed by atoms with van der Waals surface area (Å²) in [4.78, 5) is 53.7. The van der Waals surface area contributed by atoms with E-state index < -0.39 is 41.7 Å². The van der Waals surface area contributed by atoms with E-state index >= 15 is 0 Å². The number of thioether (sulfide) groups is 2. The van der Waals surface area contributed by atoms with E-state index in [-0.39, 0.29) is 38.8 Å². The number of carboxylic acid groups (broad SMARTS) is 2. The predicted molar refractivity (Wildman–Crippen MR) is 126 cm³/mol. The van der Waals surface area contributed by atoms with Gasteiger partial charge in [-0.1, -0.05) is 23.4 Å². The Bertz CT molecular complexity index is 1280. The summed E-state index contributed by atoms with van der Waals surface area (Å²) in [5.41, 5.74) is 7.17. The van der Waals surface area contributed by atoms with Crippen LogP contribution in [-0.4, -0.2) is 87.0 Å². The molecule has 184 valence electrons. The zero-order chi connectivity index (χ0) is 25.3. The topological polar surface area (TPSA) is 207 Å². The minimum atomic E-state index is -1.30. The van der Waals surface area contributed by atoms with Gasteiger partial charge >= 0.3 is 11.9 Å². The van der Waals surface area contributed by atoms with Crippen molar-refractivity contribution in [3.05, 3.63) is 27.9 Å². The van der Waals surface area contributed by atoms with Gasteiger partial charge in [-0.05, 0) is 16.0 Å². The molecule has 1 fully saturated rings. The van der Waals surface area contributed by atoms with Crippen molar-refractivity contribution in [3.8, 4) is 0 Å². The number of nitrogen functional groups attached to an aromatic ring is 1. The Morgan fingerprint density at radius 3 is 2.77 bits per heavy atom. The van der Waals surface area contributed by atoms with Crippen LogP contribution in [0.1, 0.15) is 5.69 Å². The van der Waals surface area contributed by atoms with E-state index in [1.54, 1.807) is 5.38 Å². The standard InChI is InChI=1S/C17H15ClN8O6S3/c18-1-7(8-5-34-16(19)20-8)12(29)21-10-13(30)26-11(15(31)32)6(3-33-14(10)26)4-35-17-22-23-24-25(17)2-9(27)28/h1,5,10,14H,2-4H2,(H2,19,20)(H,21,29)(H,27,28)(H,31,32)/t10?,14-/m1/s1. The third-order valence-corrected chi connectivity index (χ3v) is 8.12. The van der Waals surface area contributed by atoms with Crippen LogP contribution in [0.15, 0.2) is 27.3 Å². The van der Waals surface area contributed by atoms with Gasteiger partial charge < -0.3 is 21.3 Å². The molecule has 5 N–H and O–H groups in total. The van der Waals surface area contributed by atoms with Crippen molar-refractivity contribution in [2.75, 3.05) is 17.2 Å². The number of fused-ring (bicyclic) bond motifs is 1. The monoisotopic (exact) mass is 558 g/mol. The van der Waals surface area contributed by atoms with Gasteiger partial charge in [0.1, 0.15) is 23.7 Å². The third kappa shape index (κ3) is 4.97. The molecule has 2 amide bonds. The van der Waals surface area contributed by atoms with Gasteiger partial charge in [-0.25, -0.2) is 14.5 Å². The average Bonchev–Trinajstić information content (AvgIpc) is 3.43. The number of nitrogens with zero attached hydrogens (tertiary/aromatic N) is 6. The molecule has 2 aliphatic rings. The molecule has 2 aliphatic heterocycles. The first-order chi connectivity index (χ1) is 16.7. The van der Waals surface area contributed by atoms with Crippen LogP contribution < -0.4 is 11.1 Å². The van der Waals surface area contributed by atoms with Crippen LogP contribution in [0.2, 0.25) is 0 Å². The molecule has 2 aromatic heterocycles. The van der Waals surface area contributed by atoms with E-state index in [2.05, 4.69) is 25.8 Å². The zero-order valence-electron chi connectivity index (χ0n) is 17.3. The molecule has 2 atom stereocenters. The Morgan fingerprint density at radius 2 is 2.14 bits per heavy atom. The lowest BCUT2D eigenvalue weighted by molar-refractivity contribution is -0.150. The third-order valence-electron chi connectivity index (χ3n) is 4.85. The molecule has 4 rings (SSSR count). The molecule has 4 heterocycles. The first-order valence-electron chi connectivity index (χ1n) is 9.54. The van der Waals surface area contributed by atoms with Crippen molar-refractivity contribution in [2.45, 2.75) is 23.1 Å². The van der Waals surface area contributed by atoms with Crippen LogP contribution >= 0.6 is 46.5 Å². The van der Waals surface area contributed by atoms with Gasteiger partial charge in [-0.2, -0.15) is 0 Å². The van der Waals surface area contributed by atoms with Crippen LogP contribution in [0, 0.1) is 0 Å². The number of amides is 2. The fraction of sp³-hybridized carbons (Fsp3) is 0.294. The van der Waals surface area contributed by atoms with Crippen LogP contribution in [0.4, 0.5) is 5.13 Å². The summed E-state index contributed by atoms with van der Waals surface area (Å²) >= 11 is 9.25. The van der Waals surface area contributed by atoms with Crippen molar-refractivity contribution >= 4 is 80.9 Å². The fourth-order valence-corrected chi connectivity index (χ4v) is 6.46. The number of aliphatic carboxylic acids is 2. The number of aromatic nitrogens is 5. The molecule has 35 heavy (non-hydrogen) atoms. The van der Waals surface area contributed by atoms with Crippen molar-refractivity contribution in [2.24, 2.45) is 0 Å². The Labute approximate surface area is 213 Å². The number of nitrogens with one attached hydrogen (secondary N) is 1. The summed E-state index contributed by atoms with van der Waals surface area (Å²) in [6.07, 6.45) is 0. The van der Waals surface area contributed by atoms with Gasteiger partial charge in [-0.3, -0.25) is 19.3 Å². The highest BCUT2D eigenvalue weighted by Gasteiger charge is 2.54. The SMILES string of the molecule is Nc1nc(C(=CCl)C(=O)NC2C(=O)N3C(C(=O)O)=C(CSc4nnnn4CC(=O)O)CS[C@H]23)cs1. The highest BCUT2D eigenvalue weighted by molar-refractivity contribution is 8.01. The minimum Gasteiger partial charge on any atom is -0.480 e. The van der Waals surface area contributed by atoms with Crippen molar-refractivity contribution in [1.29, 1.82) is 0 Å². The smallest absolute Gasteiger partial charge is 0.352 e. The van der Waals surface area contributed by atoms with Gasteiger partial charge in [0.2, 0.25) is 5.16 Å². The quantitative estimate of drug-likeness (QED) is 0.180. The summed E-state index contributed by atoms with van der Waals surface area (Å²) < 4.78 is 1.07. The number of rotatable bonds is 9. The Morgan fingerprint density at radius 1 is 1.37 bits per heavy atom. The lowest BCUT2D eigenvalue weighted by Crippen LogP contribution is -2.70. The maximum atomic E-state index is 12.9. The number of carbonyl (C=O) groups is 4. The zero-order valence-corrected chi connectivity index (χ0v) is 20.5. The summed E-state index contributed by atoms with van der Waals surface area (Å²) in [5, 5.41) is 33.5. The summed E-state index contributed by atoms with van der Waals surface area (Å²) in [6.45, 7) is -0.449. The van der Waals surface area contributed by atoms with Gasteiger partial charge in [0.25, 0.3) is 11.8 Å². The maximum absolute atomic E-state index is 12.9. The molecule has 1 unspecified atom stereocenters. The molecule has 18 heteroatoms. The molecule has 0 radical (unpaired) electrons. The number of β-lactam (4-membered cyclic amide) rings is 1. The molecular formula is C17H15ClN8O6S3. The van der Waals surface area contributed by atoms with Crippen LogP contribution in [0.25, 0.3) is 5.57 Å². The number of hydrogen-bond donors (Lipinski definition) is 4. The Kier molecular flexibility index (Phi) is 7.29. The van der Waals surface area contributed by atoms with E-state index in [4.69, 9.17) is 22.4 Å². The molecule has 0 spiro atoms. The summed E-state index contributed by atoms with van der Waals surface area (Å²) in [7, 11) is 0.